The Morgan fingerprint density at radius 3 is 2.11 bits per heavy atom. The smallest absolute Gasteiger partial charge is 0.307 e. The Morgan fingerprint density at radius 1 is 1.05 bits per heavy atom. The van der Waals surface area contributed by atoms with E-state index in [1.165, 1.54) is 0 Å². The SMILES string of the molecule is C[C@H]1C[C@H](C)CN(C(=O)[C@@H]2CC=CC[C@@H]2C(=O)O)C1. The molecule has 1 saturated heterocycles. The zero-order chi connectivity index (χ0) is 14.0. The van der Waals surface area contributed by atoms with Crippen LogP contribution in [0.2, 0.25) is 0 Å². The molecular formula is C15H23NO3. The van der Waals surface area contributed by atoms with Crippen LogP contribution in [0, 0.1) is 23.7 Å². The largest absolute Gasteiger partial charge is 0.481 e. The molecule has 1 fully saturated rings. The number of hydrogen-bond donors (Lipinski definition) is 1. The van der Waals surface area contributed by atoms with Crippen molar-refractivity contribution in [3.63, 3.8) is 0 Å². The van der Waals surface area contributed by atoms with Crippen LogP contribution in [0.25, 0.3) is 0 Å². The molecule has 0 spiro atoms. The quantitative estimate of drug-likeness (QED) is 0.778. The molecule has 19 heavy (non-hydrogen) atoms. The van der Waals surface area contributed by atoms with Gasteiger partial charge in [0.15, 0.2) is 0 Å². The van der Waals surface area contributed by atoms with Gasteiger partial charge in [-0.15, -0.1) is 0 Å². The maximum absolute atomic E-state index is 12.6. The first-order valence-corrected chi connectivity index (χ1v) is 7.15. The van der Waals surface area contributed by atoms with E-state index in [1.807, 2.05) is 17.1 Å². The van der Waals surface area contributed by atoms with Crippen molar-refractivity contribution in [2.45, 2.75) is 33.1 Å². The van der Waals surface area contributed by atoms with Crippen molar-refractivity contribution in [3.8, 4) is 0 Å². The fourth-order valence-electron chi connectivity index (χ4n) is 3.44. The summed E-state index contributed by atoms with van der Waals surface area (Å²) in [6.45, 7) is 5.86. The number of allylic oxidation sites excluding steroid dienone is 2. The molecular weight excluding hydrogens is 242 g/mol. The van der Waals surface area contributed by atoms with Gasteiger partial charge in [-0.1, -0.05) is 26.0 Å². The van der Waals surface area contributed by atoms with Crippen LogP contribution in [-0.2, 0) is 9.59 Å². The van der Waals surface area contributed by atoms with Gasteiger partial charge in [0.1, 0.15) is 0 Å². The fraction of sp³-hybridized carbons (Fsp3) is 0.733. The zero-order valence-electron chi connectivity index (χ0n) is 11.7. The molecule has 106 valence electrons. The van der Waals surface area contributed by atoms with E-state index in [2.05, 4.69) is 13.8 Å². The summed E-state index contributed by atoms with van der Waals surface area (Å²) < 4.78 is 0. The Balaban J connectivity index is 2.09. The van der Waals surface area contributed by atoms with Crippen LogP contribution in [0.5, 0.6) is 0 Å². The van der Waals surface area contributed by atoms with Gasteiger partial charge in [0, 0.05) is 13.1 Å². The third-order valence-corrected chi connectivity index (χ3v) is 4.25. The first-order valence-electron chi connectivity index (χ1n) is 7.15. The van der Waals surface area contributed by atoms with E-state index in [9.17, 15) is 14.7 Å². The highest BCUT2D eigenvalue weighted by Gasteiger charge is 2.37. The van der Waals surface area contributed by atoms with Crippen molar-refractivity contribution < 1.29 is 14.7 Å². The molecule has 1 aliphatic carbocycles. The second kappa shape index (κ2) is 5.76. The molecule has 0 saturated carbocycles. The molecule has 0 aromatic rings. The maximum atomic E-state index is 12.6. The van der Waals surface area contributed by atoms with Crippen molar-refractivity contribution in [2.24, 2.45) is 23.7 Å². The van der Waals surface area contributed by atoms with Crippen molar-refractivity contribution in [2.75, 3.05) is 13.1 Å². The summed E-state index contributed by atoms with van der Waals surface area (Å²) in [6.07, 6.45) is 6.01. The summed E-state index contributed by atoms with van der Waals surface area (Å²) in [7, 11) is 0. The number of piperidine rings is 1. The fourth-order valence-corrected chi connectivity index (χ4v) is 3.44. The highest BCUT2D eigenvalue weighted by Crippen LogP contribution is 2.30. The van der Waals surface area contributed by atoms with E-state index in [0.717, 1.165) is 19.5 Å². The minimum Gasteiger partial charge on any atom is -0.481 e. The van der Waals surface area contributed by atoms with Crippen LogP contribution in [0.1, 0.15) is 33.1 Å². The lowest BCUT2D eigenvalue weighted by Crippen LogP contribution is -2.47. The number of rotatable bonds is 2. The molecule has 4 atom stereocenters. The first-order chi connectivity index (χ1) is 8.99. The molecule has 1 aliphatic heterocycles. The lowest BCUT2D eigenvalue weighted by atomic mass is 9.81. The number of likely N-dealkylation sites (tertiary alicyclic amines) is 1. The molecule has 0 radical (unpaired) electrons. The van der Waals surface area contributed by atoms with Crippen molar-refractivity contribution in [3.05, 3.63) is 12.2 Å². The Morgan fingerprint density at radius 2 is 1.58 bits per heavy atom. The molecule has 4 nitrogen and oxygen atoms in total. The number of carbonyl (C=O) groups is 2. The lowest BCUT2D eigenvalue weighted by molar-refractivity contribution is -0.151. The summed E-state index contributed by atoms with van der Waals surface area (Å²) in [4.78, 5) is 25.8. The highest BCUT2D eigenvalue weighted by atomic mass is 16.4. The predicted molar refractivity (Wildman–Crippen MR) is 72.5 cm³/mol. The third-order valence-electron chi connectivity index (χ3n) is 4.25. The highest BCUT2D eigenvalue weighted by molar-refractivity contribution is 5.85. The Kier molecular flexibility index (Phi) is 4.27. The minimum atomic E-state index is -0.846. The van der Waals surface area contributed by atoms with Crippen LogP contribution < -0.4 is 0 Å². The monoisotopic (exact) mass is 265 g/mol. The van der Waals surface area contributed by atoms with E-state index in [4.69, 9.17) is 0 Å². The number of carbonyl (C=O) groups excluding carboxylic acids is 1. The molecule has 1 N–H and O–H groups in total. The Hall–Kier alpha value is -1.32. The van der Waals surface area contributed by atoms with E-state index < -0.39 is 11.9 Å². The van der Waals surface area contributed by atoms with E-state index >= 15 is 0 Å². The van der Waals surface area contributed by atoms with Gasteiger partial charge in [0.25, 0.3) is 0 Å². The molecule has 4 heteroatoms. The number of carboxylic acids is 1. The molecule has 0 aromatic carbocycles. The van der Waals surface area contributed by atoms with Gasteiger partial charge in [0.2, 0.25) is 5.91 Å². The average Bonchev–Trinajstić information content (AvgIpc) is 2.36. The second-order valence-corrected chi connectivity index (χ2v) is 6.18. The number of amides is 1. The Labute approximate surface area is 114 Å². The van der Waals surface area contributed by atoms with Crippen molar-refractivity contribution in [1.82, 2.24) is 4.90 Å². The molecule has 2 rings (SSSR count). The van der Waals surface area contributed by atoms with Crippen LogP contribution >= 0.6 is 0 Å². The summed E-state index contributed by atoms with van der Waals surface area (Å²) in [5.41, 5.74) is 0. The number of hydrogen-bond acceptors (Lipinski definition) is 2. The normalized spacial score (nSPS) is 35.2. The van der Waals surface area contributed by atoms with E-state index in [0.29, 0.717) is 24.7 Å². The average molecular weight is 265 g/mol. The van der Waals surface area contributed by atoms with Gasteiger partial charge in [-0.2, -0.15) is 0 Å². The third kappa shape index (κ3) is 3.17. The van der Waals surface area contributed by atoms with Crippen LogP contribution in [0.3, 0.4) is 0 Å². The lowest BCUT2D eigenvalue weighted by Gasteiger charge is -2.38. The van der Waals surface area contributed by atoms with Gasteiger partial charge in [0.05, 0.1) is 11.8 Å². The molecule has 0 bridgehead atoms. The summed E-state index contributed by atoms with van der Waals surface area (Å²) in [5, 5.41) is 9.26. The molecule has 2 aliphatic rings. The standard InChI is InChI=1S/C15H23NO3/c1-10-7-11(2)9-16(8-10)14(17)12-5-3-4-6-13(12)15(18)19/h3-4,10-13H,5-9H2,1-2H3,(H,18,19)/t10-,11-,12+,13-/m0/s1. The van der Waals surface area contributed by atoms with Gasteiger partial charge >= 0.3 is 5.97 Å². The number of carboxylic acid groups (broad SMARTS) is 1. The minimum absolute atomic E-state index is 0.0372. The van der Waals surface area contributed by atoms with Gasteiger partial charge in [-0.3, -0.25) is 9.59 Å². The molecule has 1 amide bonds. The van der Waals surface area contributed by atoms with Crippen molar-refractivity contribution in [1.29, 1.82) is 0 Å². The van der Waals surface area contributed by atoms with E-state index in [-0.39, 0.29) is 11.8 Å². The molecule has 0 unspecified atom stereocenters. The zero-order valence-corrected chi connectivity index (χ0v) is 11.7. The predicted octanol–water partition coefficient (Wildman–Crippen LogP) is 2.16. The topological polar surface area (TPSA) is 57.6 Å². The van der Waals surface area contributed by atoms with Crippen LogP contribution in [0.4, 0.5) is 0 Å². The maximum Gasteiger partial charge on any atom is 0.307 e. The summed E-state index contributed by atoms with van der Waals surface area (Å²) >= 11 is 0. The molecule has 1 heterocycles. The molecule has 0 aromatic heterocycles. The van der Waals surface area contributed by atoms with Gasteiger partial charge in [-0.05, 0) is 31.1 Å². The second-order valence-electron chi connectivity index (χ2n) is 6.18. The number of aliphatic carboxylic acids is 1. The van der Waals surface area contributed by atoms with Crippen LogP contribution in [-0.4, -0.2) is 35.0 Å². The van der Waals surface area contributed by atoms with Gasteiger partial charge < -0.3 is 10.0 Å². The van der Waals surface area contributed by atoms with Crippen molar-refractivity contribution >= 4 is 11.9 Å². The van der Waals surface area contributed by atoms with Crippen LogP contribution in [0.15, 0.2) is 12.2 Å². The van der Waals surface area contributed by atoms with E-state index in [1.54, 1.807) is 0 Å². The Bertz CT molecular complexity index is 381. The number of nitrogens with zero attached hydrogens (tertiary/aromatic N) is 1. The summed E-state index contributed by atoms with van der Waals surface area (Å²) in [5.74, 6) is -0.716. The summed E-state index contributed by atoms with van der Waals surface area (Å²) in [6, 6.07) is 0. The van der Waals surface area contributed by atoms with Gasteiger partial charge in [-0.25, -0.2) is 0 Å². The first kappa shape index (κ1) is 14.1.